The zero-order valence-corrected chi connectivity index (χ0v) is 11.3. The molecular weight excluding hydrogens is 288 g/mol. The van der Waals surface area contributed by atoms with Crippen LogP contribution in [0.15, 0.2) is 54.8 Å². The van der Waals surface area contributed by atoms with Gasteiger partial charge in [0.05, 0.1) is 11.0 Å². The first-order valence-electron chi connectivity index (χ1n) is 6.28. The molecule has 0 atom stereocenters. The Labute approximate surface area is 122 Å². The molecule has 0 spiro atoms. The third-order valence-corrected chi connectivity index (χ3v) is 2.89. The van der Waals surface area contributed by atoms with Gasteiger partial charge in [-0.3, -0.25) is 9.97 Å². The second-order valence-electron chi connectivity index (χ2n) is 4.54. The van der Waals surface area contributed by atoms with Crippen LogP contribution in [0.3, 0.4) is 0 Å². The Kier molecular flexibility index (Phi) is 3.18. The summed E-state index contributed by atoms with van der Waals surface area (Å²) in [6.45, 7) is 0. The maximum absolute atomic E-state index is 10.6. The molecule has 0 aliphatic heterocycles. The Morgan fingerprint density at radius 3 is 2.09 bits per heavy atom. The molecule has 8 heteroatoms. The normalized spacial score (nSPS) is 10.5. The summed E-state index contributed by atoms with van der Waals surface area (Å²) in [5.41, 5.74) is 14.4. The fourth-order valence-corrected chi connectivity index (χ4v) is 1.93. The molecule has 8 nitrogen and oxygen atoms in total. The Balaban J connectivity index is 0.000000131. The van der Waals surface area contributed by atoms with Gasteiger partial charge >= 0.3 is 11.5 Å². The van der Waals surface area contributed by atoms with Crippen molar-refractivity contribution in [3.8, 4) is 0 Å². The number of anilines is 2. The van der Waals surface area contributed by atoms with Crippen molar-refractivity contribution in [2.75, 3.05) is 11.5 Å². The quantitative estimate of drug-likeness (QED) is 0.361. The third kappa shape index (κ3) is 2.70. The smallest absolute Gasteiger partial charge is 0.408 e. The lowest BCUT2D eigenvalue weighted by Crippen LogP contribution is -1.93. The van der Waals surface area contributed by atoms with Gasteiger partial charge in [-0.15, -0.1) is 0 Å². The van der Waals surface area contributed by atoms with E-state index in [1.54, 1.807) is 36.4 Å². The van der Waals surface area contributed by atoms with Gasteiger partial charge in [0.25, 0.3) is 0 Å². The molecule has 0 unspecified atom stereocenters. The van der Waals surface area contributed by atoms with Gasteiger partial charge in [-0.1, -0.05) is 0 Å². The van der Waals surface area contributed by atoms with Crippen LogP contribution in [0, 0.1) is 0 Å². The lowest BCUT2D eigenvalue weighted by Gasteiger charge is -1.88. The lowest BCUT2D eigenvalue weighted by molar-refractivity contribution is 0.555. The molecule has 0 bridgehead atoms. The highest BCUT2D eigenvalue weighted by Gasteiger charge is 1.99. The summed E-state index contributed by atoms with van der Waals surface area (Å²) in [6, 6.07) is 10.00. The summed E-state index contributed by atoms with van der Waals surface area (Å²) < 4.78 is 9.51. The summed E-state index contributed by atoms with van der Waals surface area (Å²) in [5, 5.41) is 0. The van der Waals surface area contributed by atoms with Crippen LogP contribution in [0.2, 0.25) is 0 Å². The fourth-order valence-electron chi connectivity index (χ4n) is 1.93. The van der Waals surface area contributed by atoms with E-state index in [2.05, 4.69) is 9.97 Å². The molecule has 4 rings (SSSR count). The van der Waals surface area contributed by atoms with Crippen molar-refractivity contribution in [1.29, 1.82) is 0 Å². The van der Waals surface area contributed by atoms with Crippen molar-refractivity contribution in [3.63, 3.8) is 0 Å². The maximum Gasteiger partial charge on any atom is 0.417 e. The molecule has 0 amide bonds. The molecule has 0 radical (unpaired) electrons. The fraction of sp³-hybridized carbons (Fsp3) is 0. The summed E-state index contributed by atoms with van der Waals surface area (Å²) in [5.74, 6) is -0.906. The first-order valence-corrected chi connectivity index (χ1v) is 6.28. The molecule has 22 heavy (non-hydrogen) atoms. The van der Waals surface area contributed by atoms with Gasteiger partial charge in [0.15, 0.2) is 11.2 Å². The van der Waals surface area contributed by atoms with E-state index in [-0.39, 0.29) is 0 Å². The van der Waals surface area contributed by atoms with Gasteiger partial charge in [0, 0.05) is 17.4 Å². The number of hydrogen-bond acceptors (Lipinski definition) is 6. The van der Waals surface area contributed by atoms with Crippen LogP contribution in [0.25, 0.3) is 22.2 Å². The van der Waals surface area contributed by atoms with Crippen molar-refractivity contribution < 1.29 is 8.83 Å². The highest BCUT2D eigenvalue weighted by Crippen LogP contribution is 2.13. The summed E-state index contributed by atoms with van der Waals surface area (Å²) in [6.07, 6.45) is 0. The molecule has 0 saturated carbocycles. The van der Waals surface area contributed by atoms with E-state index in [4.69, 9.17) is 20.3 Å². The molecule has 2 aromatic carbocycles. The predicted molar refractivity (Wildman–Crippen MR) is 82.5 cm³/mol. The van der Waals surface area contributed by atoms with Crippen molar-refractivity contribution >= 4 is 33.6 Å². The summed E-state index contributed by atoms with van der Waals surface area (Å²) in [7, 11) is 0. The monoisotopic (exact) mass is 300 g/mol. The Morgan fingerprint density at radius 2 is 1.32 bits per heavy atom. The van der Waals surface area contributed by atoms with Gasteiger partial charge in [-0.25, -0.2) is 9.59 Å². The average molecular weight is 300 g/mol. The SMILES string of the molecule is Nc1ccc2[nH]c(=O)oc2c1.Nc1ccc2oc(=O)[nH]c2c1. The van der Waals surface area contributed by atoms with E-state index in [0.717, 1.165) is 0 Å². The summed E-state index contributed by atoms with van der Waals surface area (Å²) in [4.78, 5) is 26.3. The highest BCUT2D eigenvalue weighted by atomic mass is 16.4. The maximum atomic E-state index is 10.6. The van der Waals surface area contributed by atoms with E-state index in [1.165, 1.54) is 0 Å². The minimum absolute atomic E-state index is 0.453. The zero-order chi connectivity index (χ0) is 15.7. The summed E-state index contributed by atoms with van der Waals surface area (Å²) >= 11 is 0. The van der Waals surface area contributed by atoms with E-state index in [9.17, 15) is 9.59 Å². The molecule has 4 aromatic rings. The molecule has 112 valence electrons. The minimum atomic E-state index is -0.453. The van der Waals surface area contributed by atoms with Crippen LogP contribution in [0.5, 0.6) is 0 Å². The largest absolute Gasteiger partial charge is 0.417 e. The van der Waals surface area contributed by atoms with Gasteiger partial charge in [0.2, 0.25) is 0 Å². The van der Waals surface area contributed by atoms with E-state index in [0.29, 0.717) is 33.6 Å². The van der Waals surface area contributed by atoms with Gasteiger partial charge < -0.3 is 20.3 Å². The number of hydrogen-bond donors (Lipinski definition) is 4. The number of nitrogens with one attached hydrogen (secondary N) is 2. The van der Waals surface area contributed by atoms with Crippen LogP contribution in [-0.2, 0) is 0 Å². The zero-order valence-electron chi connectivity index (χ0n) is 11.3. The van der Waals surface area contributed by atoms with Crippen molar-refractivity contribution in [1.82, 2.24) is 9.97 Å². The van der Waals surface area contributed by atoms with Crippen LogP contribution in [0.4, 0.5) is 11.4 Å². The molecule has 6 N–H and O–H groups in total. The number of nitrogens with two attached hydrogens (primary N) is 2. The van der Waals surface area contributed by atoms with Crippen molar-refractivity contribution in [3.05, 3.63) is 57.5 Å². The Hall–Kier alpha value is -3.42. The lowest BCUT2D eigenvalue weighted by atomic mass is 10.3. The minimum Gasteiger partial charge on any atom is -0.408 e. The van der Waals surface area contributed by atoms with Crippen LogP contribution < -0.4 is 23.0 Å². The van der Waals surface area contributed by atoms with Crippen LogP contribution in [-0.4, -0.2) is 9.97 Å². The van der Waals surface area contributed by atoms with E-state index in [1.807, 2.05) is 0 Å². The second-order valence-corrected chi connectivity index (χ2v) is 4.54. The van der Waals surface area contributed by atoms with E-state index < -0.39 is 11.5 Å². The number of oxazole rings is 2. The molecular formula is C14H12N4O4. The number of aromatic amines is 2. The molecule has 0 fully saturated rings. The first kappa shape index (κ1) is 13.6. The predicted octanol–water partition coefficient (Wildman–Crippen LogP) is 1.41. The first-order chi connectivity index (χ1) is 10.5. The van der Waals surface area contributed by atoms with Gasteiger partial charge in [-0.2, -0.15) is 0 Å². The number of fused-ring (bicyclic) bond motifs is 2. The second kappa shape index (κ2) is 5.17. The Bertz CT molecular complexity index is 968. The average Bonchev–Trinajstić information content (AvgIpc) is 2.99. The van der Waals surface area contributed by atoms with Gasteiger partial charge in [-0.05, 0) is 30.3 Å². The van der Waals surface area contributed by atoms with Crippen LogP contribution >= 0.6 is 0 Å². The third-order valence-electron chi connectivity index (χ3n) is 2.89. The number of benzene rings is 2. The Morgan fingerprint density at radius 1 is 0.727 bits per heavy atom. The van der Waals surface area contributed by atoms with Gasteiger partial charge in [0.1, 0.15) is 0 Å². The number of H-pyrrole nitrogens is 2. The van der Waals surface area contributed by atoms with Crippen molar-refractivity contribution in [2.45, 2.75) is 0 Å². The number of aromatic nitrogens is 2. The highest BCUT2D eigenvalue weighted by molar-refractivity contribution is 5.76. The van der Waals surface area contributed by atoms with Crippen LogP contribution in [0.1, 0.15) is 0 Å². The molecule has 0 saturated heterocycles. The molecule has 2 aromatic heterocycles. The molecule has 0 aliphatic carbocycles. The molecule has 0 aliphatic rings. The van der Waals surface area contributed by atoms with Crippen molar-refractivity contribution in [2.24, 2.45) is 0 Å². The topological polar surface area (TPSA) is 144 Å². The molecule has 2 heterocycles. The number of rotatable bonds is 0. The van der Waals surface area contributed by atoms with E-state index >= 15 is 0 Å². The standard InChI is InChI=1S/2C7H6N2O2/c8-4-1-2-6-5(3-4)9-7(10)11-6;8-4-1-2-5-6(3-4)11-7(10)9-5/h2*1-3H,8H2,(H,9,10). The number of nitrogen functional groups attached to an aromatic ring is 2.